The van der Waals surface area contributed by atoms with Gasteiger partial charge in [-0.05, 0) is 70.6 Å². The largest absolute Gasteiger partial charge is 0.479 e. The van der Waals surface area contributed by atoms with Crippen LogP contribution >= 0.6 is 0 Å². The summed E-state index contributed by atoms with van der Waals surface area (Å²) in [6.45, 7) is 3.67. The van der Waals surface area contributed by atoms with Crippen LogP contribution in [0.25, 0.3) is 0 Å². The number of carbonyl (C=O) groups is 11. The molecule has 4 saturated heterocycles. The molecular formula is C53H87N11O19. The summed E-state index contributed by atoms with van der Waals surface area (Å²) in [6.07, 6.45) is -1.90. The number of unbranched alkanes of at least 4 members (excludes halogenated alkanes) is 8. The third-order valence-electron chi connectivity index (χ3n) is 15.3. The van der Waals surface area contributed by atoms with Crippen LogP contribution in [0.15, 0.2) is 4.99 Å². The fraction of sp³-hybridized carbons (Fsp3) is 0.774. The fourth-order valence-electron chi connectivity index (χ4n) is 10.7. The summed E-state index contributed by atoms with van der Waals surface area (Å²) >= 11 is 0. The predicted octanol–water partition coefficient (Wildman–Crippen LogP) is -4.07. The van der Waals surface area contributed by atoms with Gasteiger partial charge >= 0.3 is 17.9 Å². The van der Waals surface area contributed by atoms with Crippen molar-refractivity contribution in [1.29, 1.82) is 0 Å². The van der Waals surface area contributed by atoms with Gasteiger partial charge < -0.3 is 93.2 Å². The Bertz CT molecular complexity index is 2300. The van der Waals surface area contributed by atoms with Crippen molar-refractivity contribution in [3.8, 4) is 0 Å². The third-order valence-corrected chi connectivity index (χ3v) is 15.3. The molecule has 16 N–H and O–H groups in total. The molecule has 83 heavy (non-hydrogen) atoms. The standard InChI is InChI=1S/C53H87N11O19/c1-28(2)16-11-9-7-5-4-6-8-10-12-17-30-26-36(68)59-37(29(3)66)49(77)63-24-15-20-34(63)48(76)62-23-14-19-33(62)44(72)57-31(18-13-22-56-53(54)55)43(71)60-38(41(69)50(78)79)45(73)58-32(27-65)47(75)64-25-21-35(67)40(64)46(74)61-39(52(82)83-30)42(70)51(80)81/h28-35,37-42,65-67,69-70H,4-27H2,1-3H3,(H,57,72)(H,58,73)(H,59,68)(H,60,71)(H,61,74)(H,78,79)(H,80,81)(H4,54,55,56)/t29?,30?,31-,32-,33-,34-,35+,37-,38-,39-,40-,41?,42?/m0/s1. The second-order valence-electron chi connectivity index (χ2n) is 22.2. The molecule has 30 nitrogen and oxygen atoms in total. The summed E-state index contributed by atoms with van der Waals surface area (Å²) < 4.78 is 5.68. The highest BCUT2D eigenvalue weighted by atomic mass is 16.5. The highest BCUT2D eigenvalue weighted by Gasteiger charge is 2.48. The number of hydrogen-bond donors (Lipinski definition) is 14. The van der Waals surface area contributed by atoms with Crippen LogP contribution in [-0.4, -0.2) is 233 Å². The summed E-state index contributed by atoms with van der Waals surface area (Å²) in [4.78, 5) is 159. The molecular weight excluding hydrogens is 1090 g/mol. The van der Waals surface area contributed by atoms with E-state index in [9.17, 15) is 88.5 Å². The molecule has 8 amide bonds. The molecule has 468 valence electrons. The van der Waals surface area contributed by atoms with Crippen molar-refractivity contribution in [1.82, 2.24) is 41.3 Å². The number of hydrogen-bond acceptors (Lipinski definition) is 18. The topological polar surface area (TPSA) is 473 Å². The number of ether oxygens (including phenoxy) is 1. The molecule has 0 aromatic heterocycles. The van der Waals surface area contributed by atoms with Gasteiger partial charge in [-0.15, -0.1) is 0 Å². The average molecular weight is 1180 g/mol. The Labute approximate surface area is 481 Å². The lowest BCUT2D eigenvalue weighted by molar-refractivity contribution is -0.165. The van der Waals surface area contributed by atoms with E-state index in [2.05, 4.69) is 34.8 Å². The molecule has 0 saturated carbocycles. The van der Waals surface area contributed by atoms with Gasteiger partial charge in [-0.2, -0.15) is 0 Å². The van der Waals surface area contributed by atoms with Gasteiger partial charge in [-0.1, -0.05) is 71.6 Å². The van der Waals surface area contributed by atoms with Crippen molar-refractivity contribution in [3.05, 3.63) is 0 Å². The first-order valence-electron chi connectivity index (χ1n) is 28.8. The molecule has 4 unspecified atom stereocenters. The van der Waals surface area contributed by atoms with E-state index < -0.39 is 164 Å². The molecule has 0 aliphatic carbocycles. The van der Waals surface area contributed by atoms with Gasteiger partial charge in [0.05, 0.1) is 25.2 Å². The van der Waals surface area contributed by atoms with E-state index in [1.165, 1.54) is 11.8 Å². The first kappa shape index (κ1) is 68.7. The lowest BCUT2D eigenvalue weighted by Crippen LogP contribution is -2.64. The summed E-state index contributed by atoms with van der Waals surface area (Å²) in [5.41, 5.74) is 10.9. The van der Waals surface area contributed by atoms with E-state index in [0.717, 1.165) is 56.3 Å². The van der Waals surface area contributed by atoms with Crippen molar-refractivity contribution in [2.75, 3.05) is 32.8 Å². The number of cyclic esters (lactones) is 1. The molecule has 13 atom stereocenters. The number of carbonyl (C=O) groups excluding carboxylic acids is 9. The number of nitrogens with one attached hydrogen (secondary N) is 5. The lowest BCUT2D eigenvalue weighted by atomic mass is 10.0. The number of aliphatic hydroxyl groups is 5. The maximum Gasteiger partial charge on any atom is 0.335 e. The number of aliphatic imine (C=N–C) groups is 1. The smallest absolute Gasteiger partial charge is 0.335 e. The predicted molar refractivity (Wildman–Crippen MR) is 291 cm³/mol. The van der Waals surface area contributed by atoms with E-state index in [0.29, 0.717) is 23.7 Å². The van der Waals surface area contributed by atoms with Crippen LogP contribution in [0.1, 0.15) is 143 Å². The second kappa shape index (κ2) is 33.5. The number of amides is 8. The average Bonchev–Trinajstić information content (AvgIpc) is 4.38. The van der Waals surface area contributed by atoms with Crippen LogP contribution in [-0.2, 0) is 57.5 Å². The van der Waals surface area contributed by atoms with Crippen LogP contribution in [0.3, 0.4) is 0 Å². The Kier molecular flexibility index (Phi) is 27.8. The van der Waals surface area contributed by atoms with E-state index in [1.807, 2.05) is 10.6 Å². The maximum atomic E-state index is 14.5. The SMILES string of the molecule is CC(C)CCCCCCCCCCCC1CC(=O)N[C@@H](C(C)O)C(=O)N2CCC[C@H]2C(=O)N2CCC[C@H]2C(=O)N[C@@H](CCCN=C(N)N)C(=O)N[C@@H](C(O)C(=O)O)C(=O)N[C@@H](CO)C(=O)N2CC[C@@H](O)[C@H]2C(=O)N[C@@H](C(O)C(=O)O)C(=O)O1. The number of aliphatic carboxylic acids is 2. The van der Waals surface area contributed by atoms with Gasteiger partial charge in [-0.3, -0.25) is 43.3 Å². The zero-order chi connectivity index (χ0) is 61.7. The normalized spacial score (nSPS) is 27.8. The van der Waals surface area contributed by atoms with Gasteiger partial charge in [0.1, 0.15) is 48.4 Å². The number of nitrogens with two attached hydrogens (primary N) is 2. The van der Waals surface area contributed by atoms with Crippen molar-refractivity contribution in [2.24, 2.45) is 22.4 Å². The Morgan fingerprint density at radius 3 is 1.73 bits per heavy atom. The quantitative estimate of drug-likeness (QED) is 0.0212. The van der Waals surface area contributed by atoms with Crippen molar-refractivity contribution < 1.29 is 93.2 Å². The van der Waals surface area contributed by atoms with Gasteiger partial charge in [0, 0.05) is 26.2 Å². The Balaban J connectivity index is 1.75. The molecule has 0 radical (unpaired) electrons. The third kappa shape index (κ3) is 20.2. The number of fused-ring (bicyclic) bond motifs is 3. The molecule has 0 aromatic carbocycles. The number of nitrogens with zero attached hydrogens (tertiary/aromatic N) is 4. The molecule has 0 aromatic rings. The fourth-order valence-corrected chi connectivity index (χ4v) is 10.7. The van der Waals surface area contributed by atoms with Crippen molar-refractivity contribution in [3.63, 3.8) is 0 Å². The van der Waals surface area contributed by atoms with E-state index in [-0.39, 0.29) is 77.0 Å². The Morgan fingerprint density at radius 2 is 1.16 bits per heavy atom. The summed E-state index contributed by atoms with van der Waals surface area (Å²) in [6, 6.07) is -14.9. The highest BCUT2D eigenvalue weighted by molar-refractivity contribution is 6.00. The number of esters is 1. The Hall–Kier alpha value is -6.76. The zero-order valence-electron chi connectivity index (χ0n) is 47.5. The van der Waals surface area contributed by atoms with Crippen LogP contribution in [0.5, 0.6) is 0 Å². The number of carboxylic acid groups (broad SMARTS) is 2. The molecule has 4 rings (SSSR count). The molecule has 4 aliphatic rings. The van der Waals surface area contributed by atoms with Gasteiger partial charge in [0.15, 0.2) is 24.2 Å². The monoisotopic (exact) mass is 1180 g/mol. The number of guanidine groups is 1. The van der Waals surface area contributed by atoms with E-state index in [1.54, 1.807) is 0 Å². The zero-order valence-corrected chi connectivity index (χ0v) is 47.5. The Morgan fingerprint density at radius 1 is 0.602 bits per heavy atom. The summed E-state index contributed by atoms with van der Waals surface area (Å²) in [5.74, 6) is -14.4. The molecule has 4 fully saturated rings. The number of rotatable bonds is 22. The number of aliphatic hydroxyl groups excluding tert-OH is 5. The van der Waals surface area contributed by atoms with Crippen LogP contribution in [0.4, 0.5) is 0 Å². The summed E-state index contributed by atoms with van der Waals surface area (Å²) in [5, 5.41) is 85.0. The van der Waals surface area contributed by atoms with E-state index in [4.69, 9.17) is 16.2 Å². The second-order valence-corrected chi connectivity index (χ2v) is 22.2. The molecule has 0 bridgehead atoms. The minimum atomic E-state index is -2.76. The van der Waals surface area contributed by atoms with Gasteiger partial charge in [0.25, 0.3) is 0 Å². The summed E-state index contributed by atoms with van der Waals surface area (Å²) in [7, 11) is 0. The van der Waals surface area contributed by atoms with Gasteiger partial charge in [-0.25, -0.2) is 14.4 Å². The molecule has 4 heterocycles. The van der Waals surface area contributed by atoms with Gasteiger partial charge in [0.2, 0.25) is 47.3 Å². The molecule has 0 spiro atoms. The van der Waals surface area contributed by atoms with Crippen LogP contribution in [0, 0.1) is 5.92 Å². The van der Waals surface area contributed by atoms with E-state index >= 15 is 0 Å². The molecule has 4 aliphatic heterocycles. The van der Waals surface area contributed by atoms with Crippen molar-refractivity contribution >= 4 is 71.1 Å². The van der Waals surface area contributed by atoms with Crippen LogP contribution < -0.4 is 38.1 Å². The minimum absolute atomic E-state index is 0.00894. The van der Waals surface area contributed by atoms with Crippen LogP contribution in [0.2, 0.25) is 0 Å². The maximum absolute atomic E-state index is 14.5. The molecule has 30 heteroatoms. The first-order valence-corrected chi connectivity index (χ1v) is 28.8. The lowest BCUT2D eigenvalue weighted by Gasteiger charge is -2.34. The highest BCUT2D eigenvalue weighted by Crippen LogP contribution is 2.27. The minimum Gasteiger partial charge on any atom is -0.479 e. The number of carboxylic acids is 2. The first-order chi connectivity index (χ1) is 39.3. The van der Waals surface area contributed by atoms with Crippen molar-refractivity contribution in [2.45, 2.75) is 222 Å².